The average Bonchev–Trinajstić information content (AvgIpc) is 2.35. The van der Waals surface area contributed by atoms with Crippen LogP contribution in [0, 0.1) is 11.8 Å². The number of carbonyl (C=O) groups is 2. The zero-order valence-corrected chi connectivity index (χ0v) is 13.2. The van der Waals surface area contributed by atoms with Crippen LogP contribution in [0.2, 0.25) is 0 Å². The van der Waals surface area contributed by atoms with Crippen LogP contribution < -0.4 is 0 Å². The highest BCUT2D eigenvalue weighted by Crippen LogP contribution is 2.34. The number of ketones is 2. The van der Waals surface area contributed by atoms with E-state index in [0.29, 0.717) is 35.9 Å². The Morgan fingerprint density at radius 3 is 1.25 bits per heavy atom. The molecule has 0 fully saturated rings. The maximum Gasteiger partial charge on any atom is 0.233 e. The summed E-state index contributed by atoms with van der Waals surface area (Å²) in [6, 6.07) is 0. The second-order valence-electron chi connectivity index (χ2n) is 5.32. The molecule has 0 heterocycles. The maximum absolute atomic E-state index is 12.3. The molecule has 0 aromatic rings. The Bertz CT molecular complexity index is 423. The van der Waals surface area contributed by atoms with Crippen molar-refractivity contribution in [3.05, 3.63) is 22.7 Å². The molecule has 0 aromatic heterocycles. The highest BCUT2D eigenvalue weighted by atomic mass is 16.5. The summed E-state index contributed by atoms with van der Waals surface area (Å²) in [5.74, 6) is -0.212. The number of hydrogen-bond acceptors (Lipinski definition) is 4. The Kier molecular flexibility index (Phi) is 5.54. The summed E-state index contributed by atoms with van der Waals surface area (Å²) >= 11 is 0. The quantitative estimate of drug-likeness (QED) is 0.554. The summed E-state index contributed by atoms with van der Waals surface area (Å²) in [5.41, 5.74) is 0.842. The first-order chi connectivity index (χ1) is 9.36. The molecule has 4 nitrogen and oxygen atoms in total. The summed E-state index contributed by atoms with van der Waals surface area (Å²) in [7, 11) is 0. The van der Waals surface area contributed by atoms with Gasteiger partial charge in [0.2, 0.25) is 11.6 Å². The van der Waals surface area contributed by atoms with E-state index in [1.54, 1.807) is 0 Å². The minimum absolute atomic E-state index is 0.0860. The molecule has 0 bridgehead atoms. The Balaban J connectivity index is 3.58. The molecule has 1 aliphatic rings. The van der Waals surface area contributed by atoms with Crippen molar-refractivity contribution in [1.82, 2.24) is 0 Å². The number of rotatable bonds is 6. The van der Waals surface area contributed by atoms with Gasteiger partial charge in [-0.3, -0.25) is 9.59 Å². The van der Waals surface area contributed by atoms with Gasteiger partial charge in [0, 0.05) is 0 Å². The van der Waals surface area contributed by atoms with Crippen molar-refractivity contribution in [3.63, 3.8) is 0 Å². The van der Waals surface area contributed by atoms with Gasteiger partial charge in [0.15, 0.2) is 11.5 Å². The van der Waals surface area contributed by atoms with Gasteiger partial charge >= 0.3 is 0 Å². The van der Waals surface area contributed by atoms with Crippen LogP contribution in [0.15, 0.2) is 22.7 Å². The Morgan fingerprint density at radius 1 is 0.750 bits per heavy atom. The van der Waals surface area contributed by atoms with E-state index in [4.69, 9.17) is 9.47 Å². The highest BCUT2D eigenvalue weighted by molar-refractivity contribution is 6.50. The lowest BCUT2D eigenvalue weighted by atomic mass is 9.83. The van der Waals surface area contributed by atoms with Crippen molar-refractivity contribution >= 4 is 11.6 Å². The first kappa shape index (κ1) is 16.5. The van der Waals surface area contributed by atoms with Crippen molar-refractivity contribution in [2.24, 2.45) is 11.8 Å². The van der Waals surface area contributed by atoms with E-state index in [-0.39, 0.29) is 11.8 Å². The molecule has 0 atom stereocenters. The van der Waals surface area contributed by atoms with Crippen LogP contribution in [0.3, 0.4) is 0 Å². The van der Waals surface area contributed by atoms with Gasteiger partial charge in [-0.15, -0.1) is 0 Å². The first-order valence-corrected chi connectivity index (χ1v) is 7.19. The third-order valence-corrected chi connectivity index (χ3v) is 3.12. The summed E-state index contributed by atoms with van der Waals surface area (Å²) in [6.45, 7) is 12.1. The third-order valence-electron chi connectivity index (χ3n) is 3.12. The Morgan fingerprint density at radius 2 is 1.05 bits per heavy atom. The lowest BCUT2D eigenvalue weighted by Gasteiger charge is -2.27. The minimum Gasteiger partial charge on any atom is -0.490 e. The van der Waals surface area contributed by atoms with Gasteiger partial charge in [-0.2, -0.15) is 0 Å². The van der Waals surface area contributed by atoms with Gasteiger partial charge in [0.1, 0.15) is 0 Å². The van der Waals surface area contributed by atoms with Crippen molar-refractivity contribution in [2.45, 2.75) is 41.5 Å². The summed E-state index contributed by atoms with van der Waals surface area (Å²) < 4.78 is 11.3. The van der Waals surface area contributed by atoms with Gasteiger partial charge in [-0.1, -0.05) is 27.7 Å². The predicted molar refractivity (Wildman–Crippen MR) is 77.0 cm³/mol. The van der Waals surface area contributed by atoms with E-state index in [0.717, 1.165) is 0 Å². The highest BCUT2D eigenvalue weighted by Gasteiger charge is 2.39. The smallest absolute Gasteiger partial charge is 0.233 e. The van der Waals surface area contributed by atoms with E-state index in [2.05, 4.69) is 0 Å². The van der Waals surface area contributed by atoms with Crippen LogP contribution >= 0.6 is 0 Å². The van der Waals surface area contributed by atoms with Gasteiger partial charge < -0.3 is 9.47 Å². The topological polar surface area (TPSA) is 52.6 Å². The Labute approximate surface area is 120 Å². The van der Waals surface area contributed by atoms with Crippen LogP contribution in [0.5, 0.6) is 0 Å². The number of allylic oxidation sites excluding steroid dienone is 2. The zero-order chi connectivity index (χ0) is 15.4. The summed E-state index contributed by atoms with van der Waals surface area (Å²) in [6.07, 6.45) is 0. The van der Waals surface area contributed by atoms with Crippen LogP contribution in [0.25, 0.3) is 0 Å². The lowest BCUT2D eigenvalue weighted by Crippen LogP contribution is -2.32. The zero-order valence-electron chi connectivity index (χ0n) is 13.2. The molecule has 1 aliphatic carbocycles. The SMILES string of the molecule is CCOC1=C(C(C)C)C(=O)C(=O)C(C(C)C)=C1OCC. The number of ether oxygens (including phenoxy) is 2. The fourth-order valence-electron chi connectivity index (χ4n) is 2.32. The van der Waals surface area contributed by atoms with E-state index in [1.165, 1.54) is 0 Å². The maximum atomic E-state index is 12.3. The van der Waals surface area contributed by atoms with Gasteiger partial charge in [0.05, 0.1) is 24.4 Å². The summed E-state index contributed by atoms with van der Waals surface area (Å²) in [5, 5.41) is 0. The van der Waals surface area contributed by atoms with Crippen LogP contribution in [0.4, 0.5) is 0 Å². The van der Waals surface area contributed by atoms with Gasteiger partial charge in [0.25, 0.3) is 0 Å². The van der Waals surface area contributed by atoms with E-state index in [9.17, 15) is 9.59 Å². The second kappa shape index (κ2) is 6.73. The van der Waals surface area contributed by atoms with Gasteiger partial charge in [-0.05, 0) is 25.7 Å². The normalized spacial score (nSPS) is 16.6. The van der Waals surface area contributed by atoms with Crippen molar-refractivity contribution in [3.8, 4) is 0 Å². The molecule has 1 rings (SSSR count). The van der Waals surface area contributed by atoms with E-state index in [1.807, 2.05) is 41.5 Å². The molecule has 20 heavy (non-hydrogen) atoms. The van der Waals surface area contributed by atoms with Crippen LogP contribution in [0.1, 0.15) is 41.5 Å². The molecule has 4 heteroatoms. The number of carbonyl (C=O) groups excluding carboxylic acids is 2. The largest absolute Gasteiger partial charge is 0.490 e. The van der Waals surface area contributed by atoms with Crippen molar-refractivity contribution in [2.75, 3.05) is 13.2 Å². The van der Waals surface area contributed by atoms with E-state index < -0.39 is 11.6 Å². The molecule has 0 radical (unpaired) electrons. The average molecular weight is 280 g/mol. The number of hydrogen-bond donors (Lipinski definition) is 0. The van der Waals surface area contributed by atoms with Crippen molar-refractivity contribution in [1.29, 1.82) is 0 Å². The predicted octanol–water partition coefficient (Wildman–Crippen LogP) is 3.03. The standard InChI is InChI=1S/C16H24O4/c1-7-19-15-11(9(3)4)13(17)14(18)12(10(5)6)16(15)20-8-2/h9-10H,7-8H2,1-6H3. The molecular formula is C16H24O4. The van der Waals surface area contributed by atoms with Crippen LogP contribution in [-0.2, 0) is 19.1 Å². The van der Waals surface area contributed by atoms with Crippen molar-refractivity contribution < 1.29 is 19.1 Å². The van der Waals surface area contributed by atoms with Crippen LogP contribution in [-0.4, -0.2) is 24.8 Å². The Hall–Kier alpha value is -1.58. The fourth-order valence-corrected chi connectivity index (χ4v) is 2.32. The second-order valence-corrected chi connectivity index (χ2v) is 5.32. The monoisotopic (exact) mass is 280 g/mol. The minimum atomic E-state index is -0.462. The summed E-state index contributed by atoms with van der Waals surface area (Å²) in [4.78, 5) is 24.7. The molecule has 0 saturated heterocycles. The molecule has 0 amide bonds. The molecule has 0 unspecified atom stereocenters. The lowest BCUT2D eigenvalue weighted by molar-refractivity contribution is -0.133. The van der Waals surface area contributed by atoms with Gasteiger partial charge in [-0.25, -0.2) is 0 Å². The molecule has 0 saturated carbocycles. The number of Topliss-reactive ketones (excluding diaryl/α,β-unsaturated/α-hetero) is 2. The molecule has 0 N–H and O–H groups in total. The van der Waals surface area contributed by atoms with E-state index >= 15 is 0 Å². The molecule has 0 aromatic carbocycles. The fraction of sp³-hybridized carbons (Fsp3) is 0.625. The third kappa shape index (κ3) is 2.94. The molecule has 0 spiro atoms. The molecular weight excluding hydrogens is 256 g/mol. The first-order valence-electron chi connectivity index (χ1n) is 7.19. The molecule has 0 aliphatic heterocycles. The molecule has 112 valence electrons.